The highest BCUT2D eigenvalue weighted by molar-refractivity contribution is 6.06. The zero-order valence-corrected chi connectivity index (χ0v) is 15.8. The molecule has 0 saturated carbocycles. The van der Waals surface area contributed by atoms with Crippen molar-refractivity contribution >= 4 is 17.3 Å². The summed E-state index contributed by atoms with van der Waals surface area (Å²) in [6, 6.07) is 10.1. The van der Waals surface area contributed by atoms with E-state index in [2.05, 4.69) is 5.32 Å². The fourth-order valence-corrected chi connectivity index (χ4v) is 3.22. The van der Waals surface area contributed by atoms with Gasteiger partial charge in [0.25, 0.3) is 5.91 Å². The number of alkyl halides is 3. The Morgan fingerprint density at radius 3 is 2.46 bits per heavy atom. The number of hydrogen-bond acceptors (Lipinski definition) is 3. The summed E-state index contributed by atoms with van der Waals surface area (Å²) in [5.41, 5.74) is 0.302. The van der Waals surface area contributed by atoms with Gasteiger partial charge in [0.15, 0.2) is 0 Å². The standard InChI is InChI=1S/C21H23F3N2O2/c1-14(2)28-17-7-5-6-15(12-17)20(27)25-18-13-16(21(22,23)24)8-9-19(18)26-10-3-4-11-26/h5-9,12-14H,3-4,10-11H2,1-2H3,(H,25,27). The van der Waals surface area contributed by atoms with Crippen LogP contribution in [0.2, 0.25) is 0 Å². The molecule has 4 nitrogen and oxygen atoms in total. The number of hydrogen-bond donors (Lipinski definition) is 1. The van der Waals surface area contributed by atoms with Gasteiger partial charge in [-0.25, -0.2) is 0 Å². The second kappa shape index (κ2) is 8.12. The van der Waals surface area contributed by atoms with Gasteiger partial charge in [-0.2, -0.15) is 13.2 Å². The minimum atomic E-state index is -4.48. The van der Waals surface area contributed by atoms with E-state index < -0.39 is 17.6 Å². The van der Waals surface area contributed by atoms with E-state index >= 15 is 0 Å². The van der Waals surface area contributed by atoms with Gasteiger partial charge in [-0.15, -0.1) is 0 Å². The number of carbonyl (C=O) groups excluding carboxylic acids is 1. The van der Waals surface area contributed by atoms with Crippen LogP contribution in [-0.2, 0) is 6.18 Å². The smallest absolute Gasteiger partial charge is 0.416 e. The quantitative estimate of drug-likeness (QED) is 0.746. The number of nitrogens with one attached hydrogen (secondary N) is 1. The molecule has 1 aliphatic heterocycles. The molecule has 1 saturated heterocycles. The fourth-order valence-electron chi connectivity index (χ4n) is 3.22. The second-order valence-electron chi connectivity index (χ2n) is 7.07. The molecule has 0 radical (unpaired) electrons. The van der Waals surface area contributed by atoms with Crippen LogP contribution < -0.4 is 15.0 Å². The number of anilines is 2. The van der Waals surface area contributed by atoms with E-state index in [1.54, 1.807) is 24.3 Å². The third-order valence-electron chi connectivity index (χ3n) is 4.49. The number of rotatable bonds is 5. The van der Waals surface area contributed by atoms with E-state index in [0.29, 0.717) is 17.0 Å². The van der Waals surface area contributed by atoms with Crippen molar-refractivity contribution in [1.29, 1.82) is 0 Å². The Balaban J connectivity index is 1.90. The molecule has 2 aromatic rings. The summed E-state index contributed by atoms with van der Waals surface area (Å²) in [6.45, 7) is 5.26. The largest absolute Gasteiger partial charge is 0.491 e. The Morgan fingerprint density at radius 1 is 1.11 bits per heavy atom. The van der Waals surface area contributed by atoms with Crippen molar-refractivity contribution < 1.29 is 22.7 Å². The molecule has 1 fully saturated rings. The topological polar surface area (TPSA) is 41.6 Å². The normalized spacial score (nSPS) is 14.4. The highest BCUT2D eigenvalue weighted by Crippen LogP contribution is 2.36. The molecule has 3 rings (SSSR count). The van der Waals surface area contributed by atoms with E-state index in [9.17, 15) is 18.0 Å². The van der Waals surface area contributed by atoms with Crippen molar-refractivity contribution in [3.63, 3.8) is 0 Å². The molecule has 7 heteroatoms. The zero-order chi connectivity index (χ0) is 20.3. The summed E-state index contributed by atoms with van der Waals surface area (Å²) in [4.78, 5) is 14.7. The Bertz CT molecular complexity index is 844. The van der Waals surface area contributed by atoms with Crippen LogP contribution in [-0.4, -0.2) is 25.1 Å². The third kappa shape index (κ3) is 4.77. The minimum Gasteiger partial charge on any atom is -0.491 e. The van der Waals surface area contributed by atoms with Crippen molar-refractivity contribution in [2.45, 2.75) is 39.0 Å². The van der Waals surface area contributed by atoms with Gasteiger partial charge in [-0.1, -0.05) is 6.07 Å². The van der Waals surface area contributed by atoms with Crippen LogP contribution in [0.1, 0.15) is 42.6 Å². The molecule has 1 heterocycles. The molecule has 0 spiro atoms. The van der Waals surface area contributed by atoms with Gasteiger partial charge in [0.05, 0.1) is 23.0 Å². The van der Waals surface area contributed by atoms with Gasteiger partial charge in [0.1, 0.15) is 5.75 Å². The summed E-state index contributed by atoms with van der Waals surface area (Å²) in [5, 5.41) is 2.66. The predicted molar refractivity (Wildman–Crippen MR) is 103 cm³/mol. The molecule has 1 amide bonds. The number of ether oxygens (including phenoxy) is 1. The molecule has 0 bridgehead atoms. The van der Waals surface area contributed by atoms with Gasteiger partial charge in [0, 0.05) is 18.7 Å². The monoisotopic (exact) mass is 392 g/mol. The molecule has 0 unspecified atom stereocenters. The van der Waals surface area contributed by atoms with E-state index in [0.717, 1.165) is 38.1 Å². The first-order valence-corrected chi connectivity index (χ1v) is 9.28. The van der Waals surface area contributed by atoms with Crippen LogP contribution in [0.4, 0.5) is 24.5 Å². The summed E-state index contributed by atoms with van der Waals surface area (Å²) >= 11 is 0. The summed E-state index contributed by atoms with van der Waals surface area (Å²) in [5.74, 6) is 0.0560. The highest BCUT2D eigenvalue weighted by atomic mass is 19.4. The molecule has 1 N–H and O–H groups in total. The molecule has 0 atom stereocenters. The van der Waals surface area contributed by atoms with E-state index in [1.165, 1.54) is 6.07 Å². The van der Waals surface area contributed by atoms with Gasteiger partial charge in [-0.3, -0.25) is 4.79 Å². The van der Waals surface area contributed by atoms with Crippen molar-refractivity contribution in [2.75, 3.05) is 23.3 Å². The lowest BCUT2D eigenvalue weighted by molar-refractivity contribution is -0.137. The minimum absolute atomic E-state index is 0.0523. The first-order chi connectivity index (χ1) is 13.2. The molecule has 0 aliphatic carbocycles. The number of carbonyl (C=O) groups is 1. The second-order valence-corrected chi connectivity index (χ2v) is 7.07. The maximum absolute atomic E-state index is 13.2. The number of halogens is 3. The number of amides is 1. The van der Waals surface area contributed by atoms with E-state index in [1.807, 2.05) is 18.7 Å². The highest BCUT2D eigenvalue weighted by Gasteiger charge is 2.32. The molecule has 1 aliphatic rings. The zero-order valence-electron chi connectivity index (χ0n) is 15.8. The van der Waals surface area contributed by atoms with E-state index in [4.69, 9.17) is 4.74 Å². The van der Waals surface area contributed by atoms with Gasteiger partial charge in [0.2, 0.25) is 0 Å². The lowest BCUT2D eigenvalue weighted by Crippen LogP contribution is -2.22. The van der Waals surface area contributed by atoms with Crippen LogP contribution in [0, 0.1) is 0 Å². The number of benzene rings is 2. The summed E-state index contributed by atoms with van der Waals surface area (Å²) in [6.07, 6.45) is -2.58. The van der Waals surface area contributed by atoms with Crippen molar-refractivity contribution in [2.24, 2.45) is 0 Å². The van der Waals surface area contributed by atoms with Crippen molar-refractivity contribution in [1.82, 2.24) is 0 Å². The van der Waals surface area contributed by atoms with E-state index in [-0.39, 0.29) is 11.8 Å². The Hall–Kier alpha value is -2.70. The summed E-state index contributed by atoms with van der Waals surface area (Å²) in [7, 11) is 0. The fraction of sp³-hybridized carbons (Fsp3) is 0.381. The van der Waals surface area contributed by atoms with Gasteiger partial charge >= 0.3 is 6.18 Å². The third-order valence-corrected chi connectivity index (χ3v) is 4.49. The molecular weight excluding hydrogens is 369 g/mol. The van der Waals surface area contributed by atoms with Gasteiger partial charge < -0.3 is 15.0 Å². The van der Waals surface area contributed by atoms with Crippen LogP contribution >= 0.6 is 0 Å². The molecule has 2 aromatic carbocycles. The van der Waals surface area contributed by atoms with Crippen molar-refractivity contribution in [3.8, 4) is 5.75 Å². The van der Waals surface area contributed by atoms with Crippen LogP contribution in [0.25, 0.3) is 0 Å². The lowest BCUT2D eigenvalue weighted by Gasteiger charge is -2.23. The molecular formula is C21H23F3N2O2. The lowest BCUT2D eigenvalue weighted by atomic mass is 10.1. The van der Waals surface area contributed by atoms with Crippen LogP contribution in [0.15, 0.2) is 42.5 Å². The average Bonchev–Trinajstić information content (AvgIpc) is 3.15. The Labute approximate surface area is 162 Å². The Morgan fingerprint density at radius 2 is 1.82 bits per heavy atom. The van der Waals surface area contributed by atoms with Crippen LogP contribution in [0.3, 0.4) is 0 Å². The summed E-state index contributed by atoms with van der Waals surface area (Å²) < 4.78 is 45.1. The first kappa shape index (κ1) is 20.0. The van der Waals surface area contributed by atoms with Crippen LogP contribution in [0.5, 0.6) is 5.75 Å². The van der Waals surface area contributed by atoms with Crippen molar-refractivity contribution in [3.05, 3.63) is 53.6 Å². The average molecular weight is 392 g/mol. The number of nitrogens with zero attached hydrogens (tertiary/aromatic N) is 1. The molecule has 150 valence electrons. The maximum atomic E-state index is 13.2. The SMILES string of the molecule is CC(C)Oc1cccc(C(=O)Nc2cc(C(F)(F)F)ccc2N2CCCC2)c1. The van der Waals surface area contributed by atoms with Gasteiger partial charge in [-0.05, 0) is 63.1 Å². The molecule has 0 aromatic heterocycles. The Kier molecular flexibility index (Phi) is 5.82. The predicted octanol–water partition coefficient (Wildman–Crippen LogP) is 5.35. The first-order valence-electron chi connectivity index (χ1n) is 9.28. The maximum Gasteiger partial charge on any atom is 0.416 e. The molecule has 28 heavy (non-hydrogen) atoms.